The zero-order chi connectivity index (χ0) is 24.7. The Bertz CT molecular complexity index is 1280. The maximum absolute atomic E-state index is 12.7. The summed E-state index contributed by atoms with van der Waals surface area (Å²) >= 11 is 5.12. The number of anilines is 1. The summed E-state index contributed by atoms with van der Waals surface area (Å²) in [6.07, 6.45) is 3.07. The summed E-state index contributed by atoms with van der Waals surface area (Å²) in [5, 5.41) is 0.737. The van der Waals surface area contributed by atoms with Crippen LogP contribution in [0.3, 0.4) is 0 Å². The number of amides is 1. The van der Waals surface area contributed by atoms with Gasteiger partial charge in [0.15, 0.2) is 33.6 Å². The molecule has 0 bridgehead atoms. The van der Waals surface area contributed by atoms with E-state index in [-0.39, 0.29) is 18.8 Å². The molecule has 1 fully saturated rings. The first kappa shape index (κ1) is 24.0. The van der Waals surface area contributed by atoms with Gasteiger partial charge in [0.05, 0.1) is 0 Å². The average molecular weight is 563 g/mol. The van der Waals surface area contributed by atoms with Crippen molar-refractivity contribution in [3.63, 3.8) is 0 Å². The van der Waals surface area contributed by atoms with Crippen LogP contribution in [0.25, 0.3) is 11.2 Å². The lowest BCUT2D eigenvalue weighted by molar-refractivity contribution is 0.0156. The molecule has 5 rings (SSSR count). The van der Waals surface area contributed by atoms with E-state index in [0.29, 0.717) is 48.1 Å². The number of ether oxygens (including phenoxy) is 3. The van der Waals surface area contributed by atoms with E-state index in [1.807, 2.05) is 32.9 Å². The Labute approximate surface area is 215 Å². The van der Waals surface area contributed by atoms with Crippen LogP contribution in [0.1, 0.15) is 33.6 Å². The van der Waals surface area contributed by atoms with Crippen LogP contribution in [-0.4, -0.2) is 56.0 Å². The Morgan fingerprint density at radius 1 is 1.29 bits per heavy atom. The molecule has 0 spiro atoms. The van der Waals surface area contributed by atoms with E-state index >= 15 is 0 Å². The molecule has 3 aromatic rings. The molecule has 1 aromatic carbocycles. The first-order valence-electron chi connectivity index (χ1n) is 11.4. The molecule has 1 unspecified atom stereocenters. The molecule has 4 heterocycles. The molecule has 2 N–H and O–H groups in total. The van der Waals surface area contributed by atoms with Crippen molar-refractivity contribution >= 4 is 50.8 Å². The maximum atomic E-state index is 12.7. The number of likely N-dealkylation sites (tertiary alicyclic amines) is 1. The molecule has 1 atom stereocenters. The minimum Gasteiger partial charge on any atom is -0.454 e. The highest BCUT2D eigenvalue weighted by Crippen LogP contribution is 2.43. The molecule has 2 aliphatic rings. The predicted molar refractivity (Wildman–Crippen MR) is 135 cm³/mol. The Morgan fingerprint density at radius 2 is 2.06 bits per heavy atom. The van der Waals surface area contributed by atoms with Crippen LogP contribution < -0.4 is 15.2 Å². The number of nitrogen functional groups attached to an aromatic ring is 1. The maximum Gasteiger partial charge on any atom is 0.410 e. The van der Waals surface area contributed by atoms with E-state index in [9.17, 15) is 4.79 Å². The van der Waals surface area contributed by atoms with Crippen LogP contribution in [0.4, 0.5) is 10.6 Å². The summed E-state index contributed by atoms with van der Waals surface area (Å²) < 4.78 is 19.6. The van der Waals surface area contributed by atoms with Gasteiger partial charge in [-0.15, -0.1) is 0 Å². The fraction of sp³-hybridized carbons (Fsp3) is 0.478. The van der Waals surface area contributed by atoms with Crippen LogP contribution >= 0.6 is 27.7 Å². The summed E-state index contributed by atoms with van der Waals surface area (Å²) in [5.74, 6) is 1.94. The zero-order valence-electron chi connectivity index (χ0n) is 19.8. The van der Waals surface area contributed by atoms with Gasteiger partial charge in [-0.2, -0.15) is 0 Å². The van der Waals surface area contributed by atoms with Gasteiger partial charge in [0, 0.05) is 29.0 Å². The second-order valence-electron chi connectivity index (χ2n) is 9.61. The molecule has 2 aliphatic heterocycles. The van der Waals surface area contributed by atoms with Gasteiger partial charge in [0.1, 0.15) is 11.9 Å². The first-order chi connectivity index (χ1) is 16.7. The quantitative estimate of drug-likeness (QED) is 0.482. The lowest BCUT2D eigenvalue weighted by Gasteiger charge is -2.34. The van der Waals surface area contributed by atoms with Crippen LogP contribution in [0, 0.1) is 5.92 Å². The molecule has 1 saturated heterocycles. The van der Waals surface area contributed by atoms with Gasteiger partial charge < -0.3 is 29.4 Å². The van der Waals surface area contributed by atoms with Crippen molar-refractivity contribution in [3.8, 4) is 11.5 Å². The van der Waals surface area contributed by atoms with Crippen LogP contribution in [0.5, 0.6) is 11.5 Å². The topological polar surface area (TPSA) is 118 Å². The monoisotopic (exact) mass is 562 g/mol. The Kier molecular flexibility index (Phi) is 6.43. The number of fused-ring (bicyclic) bond motifs is 2. The number of halogens is 1. The summed E-state index contributed by atoms with van der Waals surface area (Å²) in [7, 11) is 0. The van der Waals surface area contributed by atoms with Gasteiger partial charge >= 0.3 is 6.09 Å². The molecule has 2 aromatic heterocycles. The van der Waals surface area contributed by atoms with Gasteiger partial charge in [-0.05, 0) is 67.6 Å². The average Bonchev–Trinajstić information content (AvgIpc) is 3.38. The standard InChI is InChI=1S/C23H27BrN6O4S/c1-23(2,3)34-22(31)29-6-4-5-13(9-29)10-30-20-18(19(25)26-11-27-20)28-21(30)35-17-8-16-15(7-14(17)24)32-12-33-16/h7-8,11,13H,4-6,9-10,12H2,1-3H3,(H2,25,26,27). The highest BCUT2D eigenvalue weighted by atomic mass is 79.9. The van der Waals surface area contributed by atoms with Crippen LogP contribution in [0.2, 0.25) is 0 Å². The molecule has 186 valence electrons. The summed E-state index contributed by atoms with van der Waals surface area (Å²) in [6.45, 7) is 7.78. The van der Waals surface area contributed by atoms with E-state index < -0.39 is 5.60 Å². The normalized spacial score (nSPS) is 17.7. The number of carbonyl (C=O) groups is 1. The van der Waals surface area contributed by atoms with E-state index in [2.05, 4.69) is 30.5 Å². The number of piperidine rings is 1. The number of nitrogens with zero attached hydrogens (tertiary/aromatic N) is 5. The molecule has 1 amide bonds. The third-order valence-corrected chi connectivity index (χ3v) is 7.74. The lowest BCUT2D eigenvalue weighted by atomic mass is 9.98. The van der Waals surface area contributed by atoms with E-state index in [4.69, 9.17) is 24.9 Å². The third-order valence-electron chi connectivity index (χ3n) is 5.77. The van der Waals surface area contributed by atoms with Gasteiger partial charge in [0.2, 0.25) is 6.79 Å². The van der Waals surface area contributed by atoms with Crippen molar-refractivity contribution in [2.24, 2.45) is 5.92 Å². The highest BCUT2D eigenvalue weighted by molar-refractivity contribution is 9.10. The highest BCUT2D eigenvalue weighted by Gasteiger charge is 2.29. The van der Waals surface area contributed by atoms with Gasteiger partial charge in [-0.3, -0.25) is 0 Å². The summed E-state index contributed by atoms with van der Waals surface area (Å²) in [6, 6.07) is 3.83. The van der Waals surface area contributed by atoms with Gasteiger partial charge in [-0.25, -0.2) is 19.7 Å². The third kappa shape index (κ3) is 5.13. The Morgan fingerprint density at radius 3 is 2.83 bits per heavy atom. The van der Waals surface area contributed by atoms with Crippen molar-refractivity contribution in [1.29, 1.82) is 0 Å². The second kappa shape index (κ2) is 9.38. The molecule has 0 aliphatic carbocycles. The summed E-state index contributed by atoms with van der Waals surface area (Å²) in [5.41, 5.74) is 6.85. The zero-order valence-corrected chi connectivity index (χ0v) is 22.2. The number of carbonyl (C=O) groups excluding carboxylic acids is 1. The number of imidazole rings is 1. The smallest absolute Gasteiger partial charge is 0.410 e. The Hall–Kier alpha value is -2.73. The minimum absolute atomic E-state index is 0.205. The number of hydrogen-bond acceptors (Lipinski definition) is 9. The number of benzene rings is 1. The molecular formula is C23H27BrN6O4S. The number of rotatable bonds is 4. The number of aromatic nitrogens is 4. The first-order valence-corrected chi connectivity index (χ1v) is 13.0. The van der Waals surface area contributed by atoms with Gasteiger partial charge in [-0.1, -0.05) is 11.8 Å². The number of nitrogens with two attached hydrogens (primary N) is 1. The largest absolute Gasteiger partial charge is 0.454 e. The fourth-order valence-electron chi connectivity index (χ4n) is 4.22. The van der Waals surface area contributed by atoms with Crippen molar-refractivity contribution in [2.75, 3.05) is 25.6 Å². The van der Waals surface area contributed by atoms with Crippen molar-refractivity contribution in [3.05, 3.63) is 22.9 Å². The van der Waals surface area contributed by atoms with Crippen molar-refractivity contribution in [1.82, 2.24) is 24.4 Å². The van der Waals surface area contributed by atoms with Crippen LogP contribution in [0.15, 0.2) is 33.0 Å². The molecule has 10 nitrogen and oxygen atoms in total. The van der Waals surface area contributed by atoms with Crippen molar-refractivity contribution < 1.29 is 19.0 Å². The molecule has 0 saturated carbocycles. The lowest BCUT2D eigenvalue weighted by Crippen LogP contribution is -2.43. The van der Waals surface area contributed by atoms with Crippen molar-refractivity contribution in [2.45, 2.75) is 55.8 Å². The van der Waals surface area contributed by atoms with Crippen LogP contribution in [-0.2, 0) is 11.3 Å². The molecule has 0 radical (unpaired) electrons. The SMILES string of the molecule is CC(C)(C)OC(=O)N1CCCC(Cn2c(Sc3cc4c(cc3Br)OCO4)nc3c(N)ncnc32)C1. The van der Waals surface area contributed by atoms with E-state index in [1.165, 1.54) is 18.1 Å². The number of hydrogen-bond donors (Lipinski definition) is 1. The Balaban J connectivity index is 1.43. The molecule has 35 heavy (non-hydrogen) atoms. The minimum atomic E-state index is -0.527. The molecular weight excluding hydrogens is 536 g/mol. The predicted octanol–water partition coefficient (Wildman–Crippen LogP) is 4.70. The van der Waals surface area contributed by atoms with E-state index in [0.717, 1.165) is 27.4 Å². The van der Waals surface area contributed by atoms with E-state index in [1.54, 1.807) is 4.90 Å². The second-order valence-corrected chi connectivity index (χ2v) is 11.5. The van der Waals surface area contributed by atoms with Gasteiger partial charge in [0.25, 0.3) is 0 Å². The fourth-order valence-corrected chi connectivity index (χ4v) is 5.71. The molecule has 12 heteroatoms. The summed E-state index contributed by atoms with van der Waals surface area (Å²) in [4.78, 5) is 28.8.